The molecular formula is C34H41N2O+. The zero-order valence-electron chi connectivity index (χ0n) is 23.0. The molecule has 4 aliphatic heterocycles. The van der Waals surface area contributed by atoms with Gasteiger partial charge in [-0.3, -0.25) is 0 Å². The van der Waals surface area contributed by atoms with Crippen LogP contribution in [0, 0.1) is 0 Å². The second kappa shape index (κ2) is 9.13. The lowest BCUT2D eigenvalue weighted by atomic mass is 9.80. The van der Waals surface area contributed by atoms with E-state index in [0.717, 1.165) is 25.9 Å². The Hall–Kier alpha value is -2.91. The predicted octanol–water partition coefficient (Wildman–Crippen LogP) is 6.89. The molecule has 3 nitrogen and oxygen atoms in total. The Bertz CT molecular complexity index is 1370. The predicted molar refractivity (Wildman–Crippen MR) is 154 cm³/mol. The van der Waals surface area contributed by atoms with E-state index in [4.69, 9.17) is 0 Å². The summed E-state index contributed by atoms with van der Waals surface area (Å²) in [6, 6.07) is 13.7. The second-order valence-electron chi connectivity index (χ2n) is 12.2. The molecule has 0 saturated heterocycles. The van der Waals surface area contributed by atoms with Crippen molar-refractivity contribution in [3.8, 4) is 0 Å². The van der Waals surface area contributed by atoms with Crippen LogP contribution in [0.4, 0.5) is 11.4 Å². The minimum Gasteiger partial charge on any atom is -0.396 e. The molecule has 0 aliphatic carbocycles. The summed E-state index contributed by atoms with van der Waals surface area (Å²) in [4.78, 5) is 2.57. The van der Waals surface area contributed by atoms with Crippen LogP contribution in [0.1, 0.15) is 75.6 Å². The molecule has 0 bridgehead atoms. The maximum absolute atomic E-state index is 9.63. The third kappa shape index (κ3) is 3.85. The van der Waals surface area contributed by atoms with Crippen LogP contribution in [-0.2, 0) is 23.7 Å². The molecule has 6 rings (SSSR count). The number of allylic oxidation sites excluding steroid dienone is 6. The minimum absolute atomic E-state index is 0.00791. The number of aryl methyl sites for hydroxylation is 2. The smallest absolute Gasteiger partial charge is 0.212 e. The van der Waals surface area contributed by atoms with Crippen molar-refractivity contribution in [3.05, 3.63) is 94.2 Å². The molecule has 0 fully saturated rings. The molecule has 4 aliphatic rings. The summed E-state index contributed by atoms with van der Waals surface area (Å²) in [7, 11) is 0. The summed E-state index contributed by atoms with van der Waals surface area (Å²) < 4.78 is 2.57. The molecule has 0 amide bonds. The van der Waals surface area contributed by atoms with Gasteiger partial charge in [-0.1, -0.05) is 62.4 Å². The van der Waals surface area contributed by atoms with Crippen molar-refractivity contribution in [2.75, 3.05) is 24.6 Å². The van der Waals surface area contributed by atoms with Gasteiger partial charge in [0.15, 0.2) is 5.71 Å². The first-order valence-corrected chi connectivity index (χ1v) is 14.2. The summed E-state index contributed by atoms with van der Waals surface area (Å²) in [5.41, 5.74) is 12.9. The van der Waals surface area contributed by atoms with Gasteiger partial charge in [0.2, 0.25) is 5.69 Å². The van der Waals surface area contributed by atoms with Crippen LogP contribution in [0.15, 0.2) is 72.0 Å². The van der Waals surface area contributed by atoms with Crippen molar-refractivity contribution in [2.45, 2.75) is 77.0 Å². The molecule has 0 atom stereocenters. The average molecular weight is 494 g/mol. The minimum atomic E-state index is -0.00791. The molecule has 2 aromatic rings. The number of anilines is 1. The third-order valence-corrected chi connectivity index (χ3v) is 9.18. The van der Waals surface area contributed by atoms with E-state index < -0.39 is 0 Å². The Morgan fingerprint density at radius 2 is 1.73 bits per heavy atom. The molecule has 3 heteroatoms. The summed E-state index contributed by atoms with van der Waals surface area (Å²) in [6.45, 7) is 11.9. The Kier molecular flexibility index (Phi) is 6.03. The average Bonchev–Trinajstić information content (AvgIpc) is 3.25. The van der Waals surface area contributed by atoms with Crippen LogP contribution in [-0.4, -0.2) is 35.1 Å². The largest absolute Gasteiger partial charge is 0.396 e. The Labute approximate surface area is 222 Å². The second-order valence-corrected chi connectivity index (χ2v) is 12.2. The van der Waals surface area contributed by atoms with E-state index in [0.29, 0.717) is 0 Å². The highest BCUT2D eigenvalue weighted by atomic mass is 16.2. The van der Waals surface area contributed by atoms with Gasteiger partial charge in [0, 0.05) is 53.6 Å². The first kappa shape index (κ1) is 24.4. The van der Waals surface area contributed by atoms with Gasteiger partial charge in [0.1, 0.15) is 6.54 Å². The summed E-state index contributed by atoms with van der Waals surface area (Å²) in [5.74, 6) is 0. The topological polar surface area (TPSA) is 26.5 Å². The Balaban J connectivity index is 1.37. The first-order valence-electron chi connectivity index (χ1n) is 14.2. The highest BCUT2D eigenvalue weighted by molar-refractivity contribution is 6.03. The van der Waals surface area contributed by atoms with Crippen molar-refractivity contribution >= 4 is 17.1 Å². The fourth-order valence-electron chi connectivity index (χ4n) is 7.22. The van der Waals surface area contributed by atoms with E-state index in [9.17, 15) is 5.11 Å². The fourth-order valence-corrected chi connectivity index (χ4v) is 7.22. The molecule has 0 spiro atoms. The fraction of sp³-hybridized carbons (Fsp3) is 0.441. The molecule has 0 aromatic heterocycles. The summed E-state index contributed by atoms with van der Waals surface area (Å²) in [5, 5.41) is 9.63. The number of para-hydroxylation sites is 2. The zero-order valence-corrected chi connectivity index (χ0v) is 23.0. The van der Waals surface area contributed by atoms with E-state index >= 15 is 0 Å². The molecule has 0 unspecified atom stereocenters. The zero-order chi connectivity index (χ0) is 25.8. The van der Waals surface area contributed by atoms with E-state index in [1.165, 1.54) is 76.3 Å². The van der Waals surface area contributed by atoms with Gasteiger partial charge in [-0.25, -0.2) is 0 Å². The van der Waals surface area contributed by atoms with Crippen LogP contribution in [0.25, 0.3) is 0 Å². The van der Waals surface area contributed by atoms with Crippen LogP contribution < -0.4 is 4.90 Å². The van der Waals surface area contributed by atoms with Crippen molar-refractivity contribution in [2.24, 2.45) is 0 Å². The molecule has 37 heavy (non-hydrogen) atoms. The standard InChI is InChI=1S/C34H41N2O/c1-33(2)27-15-5-11-25-13-7-21-35(31(25)27)29(33)19-17-24(10-9-23-37)18-20-30-34(3,4)28-16-6-12-26-14-8-22-36(30)32(26)28/h5-6,11-12,15-20,37H,7-10,13-14,21-23H2,1-4H3/q+1. The number of aliphatic hydroxyl groups is 1. The van der Waals surface area contributed by atoms with Crippen molar-refractivity contribution in [3.63, 3.8) is 0 Å². The molecule has 0 radical (unpaired) electrons. The molecular weight excluding hydrogens is 452 g/mol. The number of benzene rings is 2. The molecule has 4 heterocycles. The van der Waals surface area contributed by atoms with E-state index in [1.54, 1.807) is 0 Å². The maximum Gasteiger partial charge on any atom is 0.212 e. The highest BCUT2D eigenvalue weighted by Gasteiger charge is 2.46. The molecule has 1 N–H and O–H groups in total. The van der Waals surface area contributed by atoms with E-state index in [2.05, 4.69) is 97.9 Å². The van der Waals surface area contributed by atoms with Gasteiger partial charge in [-0.15, -0.1) is 0 Å². The van der Waals surface area contributed by atoms with Gasteiger partial charge in [0.25, 0.3) is 0 Å². The summed E-state index contributed by atoms with van der Waals surface area (Å²) in [6.07, 6.45) is 15.8. The van der Waals surface area contributed by atoms with E-state index in [-0.39, 0.29) is 17.4 Å². The Morgan fingerprint density at radius 3 is 2.54 bits per heavy atom. The normalized spacial score (nSPS) is 22.2. The lowest BCUT2D eigenvalue weighted by molar-refractivity contribution is -0.443. The number of rotatable bonds is 6. The van der Waals surface area contributed by atoms with Gasteiger partial charge < -0.3 is 10.0 Å². The van der Waals surface area contributed by atoms with E-state index in [1.807, 2.05) is 0 Å². The van der Waals surface area contributed by atoms with Crippen LogP contribution in [0.5, 0.6) is 0 Å². The third-order valence-electron chi connectivity index (χ3n) is 9.18. The Morgan fingerprint density at radius 1 is 0.973 bits per heavy atom. The SMILES string of the molecule is CC1(C)C(=CC=C(C=CC2=[N+]3CCCc4cccc(c43)C2(C)C)CCCO)N2CCCc3cccc1c32. The lowest BCUT2D eigenvalue weighted by Gasteiger charge is -2.30. The monoisotopic (exact) mass is 493 g/mol. The quantitative estimate of drug-likeness (QED) is 0.350. The molecule has 0 saturated carbocycles. The van der Waals surface area contributed by atoms with Gasteiger partial charge in [-0.05, 0) is 68.7 Å². The highest BCUT2D eigenvalue weighted by Crippen LogP contribution is 2.51. The van der Waals surface area contributed by atoms with Crippen LogP contribution in [0.3, 0.4) is 0 Å². The number of nitrogens with zero attached hydrogens (tertiary/aromatic N) is 2. The van der Waals surface area contributed by atoms with Crippen LogP contribution in [0.2, 0.25) is 0 Å². The number of hydrogen-bond acceptors (Lipinski definition) is 2. The van der Waals surface area contributed by atoms with Crippen molar-refractivity contribution in [1.82, 2.24) is 0 Å². The summed E-state index contributed by atoms with van der Waals surface area (Å²) >= 11 is 0. The van der Waals surface area contributed by atoms with Crippen molar-refractivity contribution in [1.29, 1.82) is 0 Å². The number of hydrogen-bond donors (Lipinski definition) is 1. The molecule has 192 valence electrons. The van der Waals surface area contributed by atoms with Crippen molar-refractivity contribution < 1.29 is 9.68 Å². The van der Waals surface area contributed by atoms with Gasteiger partial charge in [-0.2, -0.15) is 4.58 Å². The first-order chi connectivity index (χ1) is 17.8. The lowest BCUT2D eigenvalue weighted by Crippen LogP contribution is -2.29. The molecule has 2 aromatic carbocycles. The van der Waals surface area contributed by atoms with Gasteiger partial charge in [0.05, 0.1) is 5.41 Å². The van der Waals surface area contributed by atoms with Gasteiger partial charge >= 0.3 is 0 Å². The number of aliphatic hydroxyl groups excluding tert-OH is 1. The maximum atomic E-state index is 9.63. The van der Waals surface area contributed by atoms with Crippen LogP contribution >= 0.6 is 0 Å².